The Morgan fingerprint density at radius 1 is 1.22 bits per heavy atom. The van der Waals surface area contributed by atoms with Crippen LogP contribution < -0.4 is 5.73 Å². The standard InChI is InChI=1S/C17H29N/c1-13(2)15(4)5-6-16-7-9-17(10-8-16)11-14(3)12-18/h7,9,13-14H,4-6,8,10-12,18H2,1-3H3. The lowest BCUT2D eigenvalue weighted by molar-refractivity contribution is 0.573. The van der Waals surface area contributed by atoms with Crippen LogP contribution in [0.2, 0.25) is 0 Å². The fraction of sp³-hybridized carbons (Fsp3) is 0.647. The minimum atomic E-state index is 0.616. The van der Waals surface area contributed by atoms with Gasteiger partial charge in [0, 0.05) is 0 Å². The van der Waals surface area contributed by atoms with E-state index < -0.39 is 0 Å². The van der Waals surface area contributed by atoms with Crippen LogP contribution in [0.5, 0.6) is 0 Å². The largest absolute Gasteiger partial charge is 0.330 e. The zero-order chi connectivity index (χ0) is 13.5. The fourth-order valence-corrected chi connectivity index (χ4v) is 2.24. The highest BCUT2D eigenvalue weighted by atomic mass is 14.5. The van der Waals surface area contributed by atoms with Crippen molar-refractivity contribution >= 4 is 0 Å². The lowest BCUT2D eigenvalue weighted by Crippen LogP contribution is -2.12. The van der Waals surface area contributed by atoms with Gasteiger partial charge < -0.3 is 5.73 Å². The van der Waals surface area contributed by atoms with Crippen LogP contribution in [0.3, 0.4) is 0 Å². The fourth-order valence-electron chi connectivity index (χ4n) is 2.24. The average Bonchev–Trinajstić information content (AvgIpc) is 2.37. The quantitative estimate of drug-likeness (QED) is 0.653. The summed E-state index contributed by atoms with van der Waals surface area (Å²) in [5.74, 6) is 1.23. The zero-order valence-electron chi connectivity index (χ0n) is 12.3. The normalized spacial score (nSPS) is 17.4. The smallest absolute Gasteiger partial charge is 0.00484 e. The molecule has 0 spiro atoms. The molecule has 0 saturated carbocycles. The third-order valence-corrected chi connectivity index (χ3v) is 3.92. The van der Waals surface area contributed by atoms with Crippen molar-refractivity contribution in [2.24, 2.45) is 17.6 Å². The van der Waals surface area contributed by atoms with Crippen LogP contribution in [0.15, 0.2) is 35.5 Å². The summed E-state index contributed by atoms with van der Waals surface area (Å²) in [7, 11) is 0. The van der Waals surface area contributed by atoms with E-state index in [0.717, 1.165) is 13.0 Å². The number of nitrogens with two attached hydrogens (primary N) is 1. The van der Waals surface area contributed by atoms with Gasteiger partial charge in [-0.25, -0.2) is 0 Å². The van der Waals surface area contributed by atoms with Crippen molar-refractivity contribution in [3.8, 4) is 0 Å². The van der Waals surface area contributed by atoms with Crippen LogP contribution in [-0.2, 0) is 0 Å². The van der Waals surface area contributed by atoms with Gasteiger partial charge in [-0.1, -0.05) is 56.2 Å². The maximum absolute atomic E-state index is 5.67. The maximum atomic E-state index is 5.67. The van der Waals surface area contributed by atoms with Crippen molar-refractivity contribution in [3.63, 3.8) is 0 Å². The van der Waals surface area contributed by atoms with E-state index in [4.69, 9.17) is 5.73 Å². The highest BCUT2D eigenvalue weighted by Crippen LogP contribution is 2.27. The van der Waals surface area contributed by atoms with Crippen LogP contribution in [0, 0.1) is 11.8 Å². The Labute approximate surface area is 113 Å². The molecule has 0 heterocycles. The van der Waals surface area contributed by atoms with Gasteiger partial charge in [0.05, 0.1) is 0 Å². The molecule has 0 bridgehead atoms. The third-order valence-electron chi connectivity index (χ3n) is 3.92. The minimum absolute atomic E-state index is 0.616. The van der Waals surface area contributed by atoms with Gasteiger partial charge in [0.15, 0.2) is 0 Å². The average molecular weight is 247 g/mol. The monoisotopic (exact) mass is 247 g/mol. The summed E-state index contributed by atoms with van der Waals surface area (Å²) >= 11 is 0. The molecule has 0 aromatic rings. The minimum Gasteiger partial charge on any atom is -0.330 e. The molecular weight excluding hydrogens is 218 g/mol. The first-order valence-corrected chi connectivity index (χ1v) is 7.28. The van der Waals surface area contributed by atoms with Crippen molar-refractivity contribution < 1.29 is 0 Å². The van der Waals surface area contributed by atoms with Gasteiger partial charge in [0.2, 0.25) is 0 Å². The van der Waals surface area contributed by atoms with E-state index in [2.05, 4.69) is 39.5 Å². The Bertz CT molecular complexity index is 334. The molecule has 1 rings (SSSR count). The van der Waals surface area contributed by atoms with Crippen LogP contribution in [0.1, 0.15) is 52.9 Å². The number of hydrogen-bond donors (Lipinski definition) is 1. The van der Waals surface area contributed by atoms with Gasteiger partial charge in [-0.15, -0.1) is 0 Å². The van der Waals surface area contributed by atoms with Gasteiger partial charge >= 0.3 is 0 Å². The third kappa shape index (κ3) is 5.22. The summed E-state index contributed by atoms with van der Waals surface area (Å²) in [4.78, 5) is 0. The van der Waals surface area contributed by atoms with Crippen LogP contribution in [0.4, 0.5) is 0 Å². The van der Waals surface area contributed by atoms with E-state index in [1.54, 1.807) is 11.1 Å². The summed E-state index contributed by atoms with van der Waals surface area (Å²) in [6, 6.07) is 0. The van der Waals surface area contributed by atoms with Crippen molar-refractivity contribution in [2.75, 3.05) is 6.54 Å². The molecule has 0 aliphatic heterocycles. The van der Waals surface area contributed by atoms with E-state index in [9.17, 15) is 0 Å². The molecule has 102 valence electrons. The first-order chi connectivity index (χ1) is 8.52. The molecule has 18 heavy (non-hydrogen) atoms. The second kappa shape index (κ2) is 7.58. The number of rotatable bonds is 7. The van der Waals surface area contributed by atoms with Crippen molar-refractivity contribution in [2.45, 2.75) is 52.9 Å². The Morgan fingerprint density at radius 2 is 1.83 bits per heavy atom. The molecule has 0 aromatic carbocycles. The lowest BCUT2D eigenvalue weighted by atomic mass is 9.89. The predicted molar refractivity (Wildman–Crippen MR) is 81.4 cm³/mol. The first-order valence-electron chi connectivity index (χ1n) is 7.28. The summed E-state index contributed by atoms with van der Waals surface area (Å²) in [5.41, 5.74) is 10.2. The Kier molecular flexibility index (Phi) is 6.42. The summed E-state index contributed by atoms with van der Waals surface area (Å²) in [5, 5.41) is 0. The molecule has 0 radical (unpaired) electrons. The SMILES string of the molecule is C=C(CCC1=CC=C(CC(C)CN)CC1)C(C)C. The second-order valence-electron chi connectivity index (χ2n) is 6.01. The molecular formula is C17H29N. The van der Waals surface area contributed by atoms with Crippen LogP contribution >= 0.6 is 0 Å². The van der Waals surface area contributed by atoms with Crippen LogP contribution in [0.25, 0.3) is 0 Å². The molecule has 1 atom stereocenters. The van der Waals surface area contributed by atoms with Crippen molar-refractivity contribution in [3.05, 3.63) is 35.5 Å². The van der Waals surface area contributed by atoms with Gasteiger partial charge in [-0.3, -0.25) is 0 Å². The second-order valence-corrected chi connectivity index (χ2v) is 6.01. The van der Waals surface area contributed by atoms with Crippen molar-refractivity contribution in [1.82, 2.24) is 0 Å². The van der Waals surface area contributed by atoms with Gasteiger partial charge in [-0.05, 0) is 50.5 Å². The summed E-state index contributed by atoms with van der Waals surface area (Å²) in [6.07, 6.45) is 10.6. The van der Waals surface area contributed by atoms with E-state index in [0.29, 0.717) is 11.8 Å². The molecule has 1 aliphatic carbocycles. The topological polar surface area (TPSA) is 26.0 Å². The molecule has 1 aliphatic rings. The van der Waals surface area contributed by atoms with E-state index in [1.807, 2.05) is 0 Å². The highest BCUT2D eigenvalue weighted by molar-refractivity contribution is 5.24. The van der Waals surface area contributed by atoms with Crippen molar-refractivity contribution in [1.29, 1.82) is 0 Å². The molecule has 0 aromatic heterocycles. The summed E-state index contributed by atoms with van der Waals surface area (Å²) < 4.78 is 0. The Morgan fingerprint density at radius 3 is 2.33 bits per heavy atom. The van der Waals surface area contributed by atoms with E-state index in [-0.39, 0.29) is 0 Å². The number of hydrogen-bond acceptors (Lipinski definition) is 1. The zero-order valence-corrected chi connectivity index (χ0v) is 12.3. The van der Waals surface area contributed by atoms with E-state index in [1.165, 1.54) is 31.3 Å². The lowest BCUT2D eigenvalue weighted by Gasteiger charge is -2.18. The first kappa shape index (κ1) is 15.2. The van der Waals surface area contributed by atoms with Crippen LogP contribution in [-0.4, -0.2) is 6.54 Å². The van der Waals surface area contributed by atoms with E-state index >= 15 is 0 Å². The molecule has 0 amide bonds. The molecule has 0 saturated heterocycles. The molecule has 1 unspecified atom stereocenters. The highest BCUT2D eigenvalue weighted by Gasteiger charge is 2.10. The van der Waals surface area contributed by atoms with Gasteiger partial charge in [0.25, 0.3) is 0 Å². The summed E-state index contributed by atoms with van der Waals surface area (Å²) in [6.45, 7) is 11.6. The Hall–Kier alpha value is -0.820. The Balaban J connectivity index is 2.40. The molecule has 1 nitrogen and oxygen atoms in total. The maximum Gasteiger partial charge on any atom is -0.00484 e. The predicted octanol–water partition coefficient (Wildman–Crippen LogP) is 4.61. The van der Waals surface area contributed by atoms with Gasteiger partial charge in [0.1, 0.15) is 0 Å². The molecule has 1 heteroatoms. The van der Waals surface area contributed by atoms with Gasteiger partial charge in [-0.2, -0.15) is 0 Å². The molecule has 2 N–H and O–H groups in total. The number of allylic oxidation sites excluding steroid dienone is 5. The molecule has 0 fully saturated rings.